The average Bonchev–Trinajstić information content (AvgIpc) is 2.47. The minimum absolute atomic E-state index is 0.0616. The van der Waals surface area contributed by atoms with E-state index in [1.807, 2.05) is 36.1 Å². The molecule has 2 rings (SSSR count). The van der Waals surface area contributed by atoms with Crippen molar-refractivity contribution in [3.05, 3.63) is 34.3 Å². The Kier molecular flexibility index (Phi) is 5.17. The van der Waals surface area contributed by atoms with Gasteiger partial charge in [-0.2, -0.15) is 0 Å². The Hall–Kier alpha value is -1.36. The summed E-state index contributed by atoms with van der Waals surface area (Å²) >= 11 is 3.38. The van der Waals surface area contributed by atoms with Gasteiger partial charge in [0.25, 0.3) is 5.91 Å². The second-order valence-electron chi connectivity index (χ2n) is 5.00. The first-order chi connectivity index (χ1) is 9.60. The molecule has 20 heavy (non-hydrogen) atoms. The molecule has 1 aliphatic rings. The van der Waals surface area contributed by atoms with Crippen molar-refractivity contribution in [1.82, 2.24) is 10.2 Å². The van der Waals surface area contributed by atoms with Gasteiger partial charge < -0.3 is 10.2 Å². The van der Waals surface area contributed by atoms with Gasteiger partial charge in [-0.3, -0.25) is 9.59 Å². The van der Waals surface area contributed by atoms with Gasteiger partial charge in [0, 0.05) is 35.6 Å². The molecule has 2 amide bonds. The topological polar surface area (TPSA) is 49.4 Å². The van der Waals surface area contributed by atoms with E-state index in [2.05, 4.69) is 21.2 Å². The van der Waals surface area contributed by atoms with Gasteiger partial charge in [0.1, 0.15) is 0 Å². The number of carbonyl (C=O) groups excluding carboxylic acids is 2. The molecule has 1 aromatic carbocycles. The lowest BCUT2D eigenvalue weighted by atomic mass is 10.0. The first-order valence-electron chi connectivity index (χ1n) is 6.94. The number of hydrogen-bond acceptors (Lipinski definition) is 2. The minimum Gasteiger partial charge on any atom is -0.353 e. The molecule has 0 saturated carbocycles. The van der Waals surface area contributed by atoms with E-state index >= 15 is 0 Å². The van der Waals surface area contributed by atoms with E-state index < -0.39 is 0 Å². The number of benzene rings is 1. The van der Waals surface area contributed by atoms with E-state index in [9.17, 15) is 9.59 Å². The van der Waals surface area contributed by atoms with Crippen LogP contribution in [0.1, 0.15) is 36.5 Å². The van der Waals surface area contributed by atoms with E-state index in [4.69, 9.17) is 0 Å². The summed E-state index contributed by atoms with van der Waals surface area (Å²) < 4.78 is 0.911. The number of rotatable bonds is 3. The molecule has 0 aromatic heterocycles. The van der Waals surface area contributed by atoms with Crippen molar-refractivity contribution in [3.63, 3.8) is 0 Å². The molecule has 0 bridgehead atoms. The van der Waals surface area contributed by atoms with Crippen LogP contribution in [0.15, 0.2) is 28.7 Å². The van der Waals surface area contributed by atoms with Crippen molar-refractivity contribution < 1.29 is 9.59 Å². The summed E-state index contributed by atoms with van der Waals surface area (Å²) in [6, 6.07) is 7.65. The lowest BCUT2D eigenvalue weighted by Crippen LogP contribution is -2.46. The number of amides is 2. The van der Waals surface area contributed by atoms with Crippen LogP contribution in [0.3, 0.4) is 0 Å². The molecule has 0 aliphatic carbocycles. The van der Waals surface area contributed by atoms with Crippen LogP contribution in [-0.2, 0) is 4.79 Å². The first-order valence-corrected chi connectivity index (χ1v) is 7.73. The summed E-state index contributed by atoms with van der Waals surface area (Å²) in [5.41, 5.74) is 0.704. The minimum atomic E-state index is 0.0616. The van der Waals surface area contributed by atoms with Crippen molar-refractivity contribution >= 4 is 27.7 Å². The van der Waals surface area contributed by atoms with Crippen LogP contribution in [0.4, 0.5) is 0 Å². The Balaban J connectivity index is 1.90. The normalized spacial score (nSPS) is 16.0. The van der Waals surface area contributed by atoms with Gasteiger partial charge in [-0.15, -0.1) is 0 Å². The van der Waals surface area contributed by atoms with Crippen molar-refractivity contribution in [2.75, 3.05) is 13.1 Å². The van der Waals surface area contributed by atoms with Crippen LogP contribution < -0.4 is 5.32 Å². The standard InChI is InChI=1S/C15H19BrN2O2/c1-2-14(19)17-13-6-8-18(9-7-13)15(20)11-4-3-5-12(16)10-11/h3-5,10,13H,2,6-9H2,1H3,(H,17,19). The molecule has 0 radical (unpaired) electrons. The smallest absolute Gasteiger partial charge is 0.253 e. The van der Waals surface area contributed by atoms with Crippen molar-refractivity contribution in [3.8, 4) is 0 Å². The third-order valence-corrected chi connectivity index (χ3v) is 4.03. The van der Waals surface area contributed by atoms with Crippen LogP contribution in [0.5, 0.6) is 0 Å². The number of carbonyl (C=O) groups is 2. The SMILES string of the molecule is CCC(=O)NC1CCN(C(=O)c2cccc(Br)c2)CC1. The number of hydrogen-bond donors (Lipinski definition) is 1. The lowest BCUT2D eigenvalue weighted by molar-refractivity contribution is -0.121. The highest BCUT2D eigenvalue weighted by Gasteiger charge is 2.24. The van der Waals surface area contributed by atoms with Gasteiger partial charge in [-0.05, 0) is 31.0 Å². The van der Waals surface area contributed by atoms with Crippen molar-refractivity contribution in [2.24, 2.45) is 0 Å². The van der Waals surface area contributed by atoms with E-state index in [1.165, 1.54) is 0 Å². The lowest BCUT2D eigenvalue weighted by Gasteiger charge is -2.32. The fourth-order valence-electron chi connectivity index (χ4n) is 2.36. The van der Waals surface area contributed by atoms with Crippen molar-refractivity contribution in [1.29, 1.82) is 0 Å². The van der Waals surface area contributed by atoms with E-state index in [-0.39, 0.29) is 17.9 Å². The van der Waals surface area contributed by atoms with Crippen molar-refractivity contribution in [2.45, 2.75) is 32.2 Å². The van der Waals surface area contributed by atoms with Crippen LogP contribution >= 0.6 is 15.9 Å². The summed E-state index contributed by atoms with van der Waals surface area (Å²) in [5.74, 6) is 0.147. The number of nitrogens with one attached hydrogen (secondary N) is 1. The Labute approximate surface area is 127 Å². The Bertz CT molecular complexity index is 496. The highest BCUT2D eigenvalue weighted by Crippen LogP contribution is 2.17. The van der Waals surface area contributed by atoms with E-state index in [0.717, 1.165) is 17.3 Å². The zero-order chi connectivity index (χ0) is 14.5. The summed E-state index contributed by atoms with van der Waals surface area (Å²) in [5, 5.41) is 2.99. The van der Waals surface area contributed by atoms with Gasteiger partial charge in [-0.1, -0.05) is 28.9 Å². The number of likely N-dealkylation sites (tertiary alicyclic amines) is 1. The highest BCUT2D eigenvalue weighted by atomic mass is 79.9. The van der Waals surface area contributed by atoms with Gasteiger partial charge in [0.2, 0.25) is 5.91 Å². The maximum atomic E-state index is 12.4. The Morgan fingerprint density at radius 3 is 2.65 bits per heavy atom. The quantitative estimate of drug-likeness (QED) is 0.920. The fourth-order valence-corrected chi connectivity index (χ4v) is 2.76. The molecule has 0 atom stereocenters. The molecule has 4 nitrogen and oxygen atoms in total. The molecule has 5 heteroatoms. The zero-order valence-electron chi connectivity index (χ0n) is 11.6. The summed E-state index contributed by atoms with van der Waals surface area (Å²) in [7, 11) is 0. The molecule has 1 N–H and O–H groups in total. The number of halogens is 1. The van der Waals surface area contributed by atoms with Crippen LogP contribution in [0.25, 0.3) is 0 Å². The fraction of sp³-hybridized carbons (Fsp3) is 0.467. The van der Waals surface area contributed by atoms with Crippen LogP contribution in [0, 0.1) is 0 Å². The summed E-state index contributed by atoms with van der Waals surface area (Å²) in [6.45, 7) is 3.24. The predicted octanol–water partition coefficient (Wildman–Crippen LogP) is 2.58. The van der Waals surface area contributed by atoms with Gasteiger partial charge in [-0.25, -0.2) is 0 Å². The second-order valence-corrected chi connectivity index (χ2v) is 5.91. The van der Waals surface area contributed by atoms with E-state index in [1.54, 1.807) is 0 Å². The highest BCUT2D eigenvalue weighted by molar-refractivity contribution is 9.10. The zero-order valence-corrected chi connectivity index (χ0v) is 13.1. The summed E-state index contributed by atoms with van der Waals surface area (Å²) in [4.78, 5) is 25.6. The van der Waals surface area contributed by atoms with Gasteiger partial charge in [0.05, 0.1) is 0 Å². The molecule has 1 saturated heterocycles. The van der Waals surface area contributed by atoms with Crippen LogP contribution in [0.2, 0.25) is 0 Å². The monoisotopic (exact) mass is 338 g/mol. The second kappa shape index (κ2) is 6.88. The largest absolute Gasteiger partial charge is 0.353 e. The maximum Gasteiger partial charge on any atom is 0.253 e. The Morgan fingerprint density at radius 1 is 1.35 bits per heavy atom. The molecule has 1 heterocycles. The molecular weight excluding hydrogens is 320 g/mol. The first kappa shape index (κ1) is 15.0. The average molecular weight is 339 g/mol. The molecule has 1 fully saturated rings. The van der Waals surface area contributed by atoms with Gasteiger partial charge >= 0.3 is 0 Å². The molecular formula is C15H19BrN2O2. The molecule has 1 aliphatic heterocycles. The Morgan fingerprint density at radius 2 is 2.05 bits per heavy atom. The molecule has 108 valence electrons. The third kappa shape index (κ3) is 3.82. The van der Waals surface area contributed by atoms with Gasteiger partial charge in [0.15, 0.2) is 0 Å². The number of piperidine rings is 1. The third-order valence-electron chi connectivity index (χ3n) is 3.54. The number of nitrogens with zero attached hydrogens (tertiary/aromatic N) is 1. The molecule has 0 spiro atoms. The van der Waals surface area contributed by atoms with Crippen LogP contribution in [-0.4, -0.2) is 35.8 Å². The molecule has 1 aromatic rings. The predicted molar refractivity (Wildman–Crippen MR) is 81.5 cm³/mol. The molecule has 0 unspecified atom stereocenters. The summed E-state index contributed by atoms with van der Waals surface area (Å²) in [6.07, 6.45) is 2.16. The maximum absolute atomic E-state index is 12.4. The van der Waals surface area contributed by atoms with E-state index in [0.29, 0.717) is 25.1 Å².